The number of aromatic hydroxyl groups is 1. The summed E-state index contributed by atoms with van der Waals surface area (Å²) in [5.41, 5.74) is 4.95. The van der Waals surface area contributed by atoms with Crippen LogP contribution < -0.4 is 10.6 Å². The van der Waals surface area contributed by atoms with Gasteiger partial charge in [0.25, 0.3) is 0 Å². The van der Waals surface area contributed by atoms with Gasteiger partial charge in [-0.2, -0.15) is 0 Å². The molecule has 1 atom stereocenters. The third-order valence-electron chi connectivity index (χ3n) is 6.28. The average molecular weight is 484 g/mol. The molecule has 0 bridgehead atoms. The van der Waals surface area contributed by atoms with Gasteiger partial charge >= 0.3 is 0 Å². The minimum absolute atomic E-state index is 0.0876. The van der Waals surface area contributed by atoms with Crippen molar-refractivity contribution in [2.24, 2.45) is 5.16 Å². The molecule has 3 aromatic carbocycles. The van der Waals surface area contributed by atoms with Crippen molar-refractivity contribution in [3.05, 3.63) is 83.4 Å². The van der Waals surface area contributed by atoms with Gasteiger partial charge in [0.05, 0.1) is 23.4 Å². The fourth-order valence-electron chi connectivity index (χ4n) is 4.51. The fourth-order valence-corrected chi connectivity index (χ4v) is 4.51. The van der Waals surface area contributed by atoms with Crippen molar-refractivity contribution in [3.8, 4) is 16.9 Å². The number of carbonyl (C=O) groups excluding carboxylic acids is 3. The maximum absolute atomic E-state index is 12.9. The number of oxime groups is 1. The van der Waals surface area contributed by atoms with Gasteiger partial charge < -0.3 is 20.6 Å². The molecule has 0 saturated carbocycles. The van der Waals surface area contributed by atoms with Crippen molar-refractivity contribution in [2.45, 2.75) is 31.8 Å². The van der Waals surface area contributed by atoms with Crippen LogP contribution in [0.4, 0.5) is 5.69 Å². The Kier molecular flexibility index (Phi) is 6.49. The molecule has 5 rings (SSSR count). The summed E-state index contributed by atoms with van der Waals surface area (Å²) in [5.74, 6) is -0.302. The highest BCUT2D eigenvalue weighted by atomic mass is 16.6. The van der Waals surface area contributed by atoms with E-state index in [1.807, 2.05) is 30.3 Å². The van der Waals surface area contributed by atoms with Gasteiger partial charge in [0.2, 0.25) is 11.8 Å². The minimum atomic E-state index is -0.348. The van der Waals surface area contributed by atoms with Crippen LogP contribution >= 0.6 is 0 Å². The lowest BCUT2D eigenvalue weighted by molar-refractivity contribution is -0.124. The highest BCUT2D eigenvalue weighted by molar-refractivity contribution is 6.25. The van der Waals surface area contributed by atoms with E-state index >= 15 is 0 Å². The van der Waals surface area contributed by atoms with Crippen molar-refractivity contribution in [2.75, 3.05) is 11.9 Å². The summed E-state index contributed by atoms with van der Waals surface area (Å²) < 4.78 is 0. The topological polar surface area (TPSA) is 117 Å². The Bertz CT molecular complexity index is 1360. The first kappa shape index (κ1) is 23.3. The van der Waals surface area contributed by atoms with E-state index in [2.05, 4.69) is 15.8 Å². The molecule has 2 amide bonds. The van der Waals surface area contributed by atoms with E-state index in [9.17, 15) is 19.5 Å². The highest BCUT2D eigenvalue weighted by Crippen LogP contribution is 2.40. The lowest BCUT2D eigenvalue weighted by Crippen LogP contribution is -2.29. The highest BCUT2D eigenvalue weighted by Gasteiger charge is 2.29. The number of nitrogens with zero attached hydrogens (tertiary/aromatic N) is 1. The summed E-state index contributed by atoms with van der Waals surface area (Å²) in [6.45, 7) is 0.349. The molecule has 8 nitrogen and oxygen atoms in total. The van der Waals surface area contributed by atoms with Gasteiger partial charge in [-0.15, -0.1) is 0 Å². The van der Waals surface area contributed by atoms with Crippen LogP contribution in [-0.4, -0.2) is 41.1 Å². The number of phenolic OH excluding ortho intramolecular Hbond substituents is 1. The lowest BCUT2D eigenvalue weighted by Gasteiger charge is -2.11. The van der Waals surface area contributed by atoms with Crippen LogP contribution in [0.5, 0.6) is 5.75 Å². The molecule has 0 radical (unpaired) electrons. The average Bonchev–Trinajstić information content (AvgIpc) is 3.46. The minimum Gasteiger partial charge on any atom is -0.508 e. The van der Waals surface area contributed by atoms with Crippen LogP contribution in [0, 0.1) is 0 Å². The molecule has 2 aliphatic rings. The number of nitrogens with one attached hydrogen (secondary N) is 2. The van der Waals surface area contributed by atoms with E-state index in [1.54, 1.807) is 36.4 Å². The molecule has 3 aromatic rings. The predicted octanol–water partition coefficient (Wildman–Crippen LogP) is 4.02. The molecule has 0 fully saturated rings. The Labute approximate surface area is 208 Å². The maximum atomic E-state index is 12.9. The summed E-state index contributed by atoms with van der Waals surface area (Å²) >= 11 is 0. The second-order valence-electron chi connectivity index (χ2n) is 8.83. The number of rotatable bonds is 8. The molecule has 182 valence electrons. The fraction of sp³-hybridized carbons (Fsp3) is 0.214. The molecule has 8 heteroatoms. The zero-order chi connectivity index (χ0) is 25.1. The largest absolute Gasteiger partial charge is 0.508 e. The molecular weight excluding hydrogens is 458 g/mol. The third-order valence-corrected chi connectivity index (χ3v) is 6.28. The zero-order valence-corrected chi connectivity index (χ0v) is 19.5. The molecule has 0 aromatic heterocycles. The molecule has 0 spiro atoms. The van der Waals surface area contributed by atoms with Crippen molar-refractivity contribution in [1.82, 2.24) is 5.32 Å². The van der Waals surface area contributed by atoms with Gasteiger partial charge in [-0.3, -0.25) is 14.4 Å². The first-order chi connectivity index (χ1) is 17.5. The van der Waals surface area contributed by atoms with E-state index in [4.69, 9.17) is 4.84 Å². The second-order valence-corrected chi connectivity index (χ2v) is 8.83. The number of hydrogen-bond acceptors (Lipinski definition) is 6. The lowest BCUT2D eigenvalue weighted by atomic mass is 10.0. The number of hydrogen-bond donors (Lipinski definition) is 3. The first-order valence-electron chi connectivity index (χ1n) is 11.9. The van der Waals surface area contributed by atoms with Gasteiger partial charge in [-0.05, 0) is 53.4 Å². The molecule has 0 saturated heterocycles. The van der Waals surface area contributed by atoms with E-state index in [0.29, 0.717) is 36.2 Å². The normalized spacial score (nSPS) is 15.5. The van der Waals surface area contributed by atoms with Crippen molar-refractivity contribution >= 4 is 29.0 Å². The number of amides is 2. The zero-order valence-electron chi connectivity index (χ0n) is 19.5. The van der Waals surface area contributed by atoms with Crippen LogP contribution in [0.2, 0.25) is 0 Å². The quantitative estimate of drug-likeness (QED) is 0.327. The van der Waals surface area contributed by atoms with Crippen molar-refractivity contribution in [3.63, 3.8) is 0 Å². The SMILES string of the molecule is O=C(CC1CC(c2ccc(O)cc2)=NO1)NCCCC(=O)Nc1cccc2c1C(=O)c1ccccc1-2. The van der Waals surface area contributed by atoms with E-state index in [-0.39, 0.29) is 42.3 Å². The second kappa shape index (κ2) is 10.0. The predicted molar refractivity (Wildman–Crippen MR) is 135 cm³/mol. The Morgan fingerprint density at radius 1 is 0.944 bits per heavy atom. The first-order valence-corrected chi connectivity index (χ1v) is 11.9. The summed E-state index contributed by atoms with van der Waals surface area (Å²) in [7, 11) is 0. The molecule has 1 heterocycles. The third kappa shape index (κ3) is 4.84. The van der Waals surface area contributed by atoms with E-state index in [0.717, 1.165) is 22.4 Å². The number of benzene rings is 3. The van der Waals surface area contributed by atoms with E-state index < -0.39 is 0 Å². The number of phenols is 1. The summed E-state index contributed by atoms with van der Waals surface area (Å²) in [5, 5.41) is 19.1. The Morgan fingerprint density at radius 3 is 2.50 bits per heavy atom. The van der Waals surface area contributed by atoms with Crippen LogP contribution in [0.15, 0.2) is 71.9 Å². The number of carbonyl (C=O) groups is 3. The summed E-state index contributed by atoms with van der Waals surface area (Å²) in [4.78, 5) is 43.0. The molecule has 3 N–H and O–H groups in total. The van der Waals surface area contributed by atoms with Crippen LogP contribution in [-0.2, 0) is 14.4 Å². The van der Waals surface area contributed by atoms with Crippen LogP contribution in [0.25, 0.3) is 11.1 Å². The Hall–Kier alpha value is -4.46. The van der Waals surface area contributed by atoms with Crippen molar-refractivity contribution < 1.29 is 24.3 Å². The smallest absolute Gasteiger partial charge is 0.224 e. The monoisotopic (exact) mass is 483 g/mol. The standard InChI is InChI=1S/C28H25N3O5/c32-18-12-10-17(11-13-18)24-15-19(36-31-24)16-26(34)29-14-4-9-25(33)30-23-8-3-7-21-20-5-1-2-6-22(20)28(35)27(21)23/h1-3,5-8,10-13,19,32H,4,9,14-16H2,(H,29,34)(H,30,33). The number of fused-ring (bicyclic) bond motifs is 3. The van der Waals surface area contributed by atoms with Gasteiger partial charge in [-0.25, -0.2) is 0 Å². The van der Waals surface area contributed by atoms with E-state index in [1.165, 1.54) is 0 Å². The summed E-state index contributed by atoms with van der Waals surface area (Å²) in [6, 6.07) is 19.5. The van der Waals surface area contributed by atoms with Crippen LogP contribution in [0.3, 0.4) is 0 Å². The molecule has 36 heavy (non-hydrogen) atoms. The van der Waals surface area contributed by atoms with Crippen molar-refractivity contribution in [1.29, 1.82) is 0 Å². The van der Waals surface area contributed by atoms with Crippen LogP contribution in [0.1, 0.15) is 47.2 Å². The van der Waals surface area contributed by atoms with Gasteiger partial charge in [0.1, 0.15) is 11.9 Å². The number of anilines is 1. The van der Waals surface area contributed by atoms with Gasteiger partial charge in [0, 0.05) is 24.9 Å². The van der Waals surface area contributed by atoms with Gasteiger partial charge in [0.15, 0.2) is 5.78 Å². The summed E-state index contributed by atoms with van der Waals surface area (Å²) in [6.07, 6.45) is 0.986. The molecule has 1 unspecified atom stereocenters. The molecule has 1 aliphatic heterocycles. The number of ketones is 1. The molecular formula is C28H25N3O5. The Balaban J connectivity index is 1.05. The Morgan fingerprint density at radius 2 is 1.69 bits per heavy atom. The molecule has 1 aliphatic carbocycles. The van der Waals surface area contributed by atoms with Gasteiger partial charge in [-0.1, -0.05) is 41.6 Å². The maximum Gasteiger partial charge on any atom is 0.224 e.